The topological polar surface area (TPSA) is 101 Å². The van der Waals surface area contributed by atoms with E-state index >= 15 is 0 Å². The Morgan fingerprint density at radius 3 is 1.91 bits per heavy atom. The predicted octanol–water partition coefficient (Wildman–Crippen LogP) is -0.186. The molecule has 0 aliphatic carbocycles. The van der Waals surface area contributed by atoms with Gasteiger partial charge in [0.2, 0.25) is 5.91 Å². The summed E-state index contributed by atoms with van der Waals surface area (Å²) in [5.41, 5.74) is 0. The van der Waals surface area contributed by atoms with Crippen molar-refractivity contribution in [1.82, 2.24) is 14.7 Å². The summed E-state index contributed by atoms with van der Waals surface area (Å²) < 4.78 is 0. The van der Waals surface area contributed by atoms with E-state index in [0.29, 0.717) is 0 Å². The third-order valence-corrected chi connectivity index (χ3v) is 3.64. The van der Waals surface area contributed by atoms with Crippen molar-refractivity contribution in [3.63, 3.8) is 0 Å². The van der Waals surface area contributed by atoms with Crippen LogP contribution in [0.2, 0.25) is 0 Å². The molecule has 0 spiro atoms. The Kier molecular flexibility index (Phi) is 12.6. The second-order valence-electron chi connectivity index (χ2n) is 5.25. The van der Waals surface area contributed by atoms with Crippen LogP contribution in [0, 0.1) is 0 Å². The van der Waals surface area contributed by atoms with Crippen LogP contribution in [0.1, 0.15) is 12.8 Å². The largest absolute Gasteiger partial charge is 0.483 e. The fourth-order valence-corrected chi connectivity index (χ4v) is 2.40. The van der Waals surface area contributed by atoms with Crippen LogP contribution in [-0.4, -0.2) is 96.6 Å². The van der Waals surface area contributed by atoms with E-state index in [-0.39, 0.29) is 18.9 Å². The molecule has 0 radical (unpaired) electrons. The lowest BCUT2D eigenvalue weighted by Gasteiger charge is -2.31. The van der Waals surface area contributed by atoms with Crippen molar-refractivity contribution in [1.29, 1.82) is 0 Å². The summed E-state index contributed by atoms with van der Waals surface area (Å²) in [5, 5.41) is 13.8. The summed E-state index contributed by atoms with van der Waals surface area (Å²) >= 11 is 0. The maximum atomic E-state index is 11.9. The lowest BCUT2D eigenvalue weighted by Crippen LogP contribution is -2.46. The van der Waals surface area contributed by atoms with Crippen LogP contribution in [0.3, 0.4) is 0 Å². The van der Waals surface area contributed by atoms with Crippen molar-refractivity contribution in [3.05, 3.63) is 12.2 Å². The van der Waals surface area contributed by atoms with Crippen molar-refractivity contribution < 1.29 is 24.6 Å². The standard InChI is InChI=1S/C13H23N3O.2CH2O2/c1-14-9-11-16(12-10-14)13(17)5-4-8-15-6-2-3-7-15;2*2-1-3/h4-5H,2-3,6-12H2,1H3;2*1H,(H,2,3)/b5-4+;;. The smallest absolute Gasteiger partial charge is 0.290 e. The molecule has 2 N–H and O–H groups in total. The van der Waals surface area contributed by atoms with E-state index in [1.165, 1.54) is 25.9 Å². The van der Waals surface area contributed by atoms with Gasteiger partial charge in [-0.3, -0.25) is 19.3 Å². The minimum Gasteiger partial charge on any atom is -0.483 e. The van der Waals surface area contributed by atoms with Gasteiger partial charge in [0.15, 0.2) is 0 Å². The number of carbonyl (C=O) groups excluding carboxylic acids is 1. The molecular formula is C15H27N3O5. The first-order chi connectivity index (χ1) is 11.1. The Labute approximate surface area is 137 Å². The lowest BCUT2D eigenvalue weighted by atomic mass is 10.3. The highest BCUT2D eigenvalue weighted by Gasteiger charge is 2.16. The molecule has 0 bridgehead atoms. The van der Waals surface area contributed by atoms with Crippen molar-refractivity contribution in [2.24, 2.45) is 0 Å². The Balaban J connectivity index is 0.000000704. The Bertz CT molecular complexity index is 356. The van der Waals surface area contributed by atoms with Crippen LogP contribution in [0.4, 0.5) is 0 Å². The predicted molar refractivity (Wildman–Crippen MR) is 86.3 cm³/mol. The zero-order valence-corrected chi connectivity index (χ0v) is 13.6. The van der Waals surface area contributed by atoms with Crippen molar-refractivity contribution in [2.45, 2.75) is 12.8 Å². The fraction of sp³-hybridized carbons (Fsp3) is 0.667. The molecule has 0 unspecified atom stereocenters. The number of hydrogen-bond acceptors (Lipinski definition) is 5. The molecule has 2 aliphatic heterocycles. The van der Waals surface area contributed by atoms with Crippen molar-refractivity contribution >= 4 is 18.9 Å². The molecule has 132 valence electrons. The van der Waals surface area contributed by atoms with Crippen molar-refractivity contribution in [3.8, 4) is 0 Å². The minimum absolute atomic E-state index is 0.178. The van der Waals surface area contributed by atoms with E-state index in [1.54, 1.807) is 6.08 Å². The number of likely N-dealkylation sites (N-methyl/N-ethyl adjacent to an activating group) is 1. The summed E-state index contributed by atoms with van der Waals surface area (Å²) in [5.74, 6) is 0.178. The van der Waals surface area contributed by atoms with Crippen LogP contribution < -0.4 is 0 Å². The molecule has 2 rings (SSSR count). The number of hydrogen-bond donors (Lipinski definition) is 2. The molecule has 23 heavy (non-hydrogen) atoms. The van der Waals surface area contributed by atoms with Crippen molar-refractivity contribution in [2.75, 3.05) is 52.9 Å². The number of piperazine rings is 1. The van der Waals surface area contributed by atoms with Gasteiger partial charge in [-0.15, -0.1) is 0 Å². The normalized spacial score (nSPS) is 18.6. The molecule has 0 aromatic rings. The first-order valence-corrected chi connectivity index (χ1v) is 7.61. The monoisotopic (exact) mass is 329 g/mol. The van der Waals surface area contributed by atoms with Gasteiger partial charge in [0, 0.05) is 38.8 Å². The van der Waals surface area contributed by atoms with Gasteiger partial charge in [0.05, 0.1) is 0 Å². The number of nitrogens with zero attached hydrogens (tertiary/aromatic N) is 3. The molecule has 2 aliphatic rings. The zero-order chi connectivity index (χ0) is 17.5. The van der Waals surface area contributed by atoms with E-state index in [9.17, 15) is 4.79 Å². The lowest BCUT2D eigenvalue weighted by molar-refractivity contribution is -0.127. The van der Waals surface area contributed by atoms with E-state index in [4.69, 9.17) is 19.8 Å². The van der Waals surface area contributed by atoms with Crippen LogP contribution in [-0.2, 0) is 14.4 Å². The van der Waals surface area contributed by atoms with Gasteiger partial charge in [0.1, 0.15) is 0 Å². The second-order valence-corrected chi connectivity index (χ2v) is 5.25. The van der Waals surface area contributed by atoms with Crippen LogP contribution in [0.15, 0.2) is 12.2 Å². The minimum atomic E-state index is -0.250. The number of amides is 1. The van der Waals surface area contributed by atoms with E-state index in [1.807, 2.05) is 11.0 Å². The summed E-state index contributed by atoms with van der Waals surface area (Å²) in [4.78, 5) is 35.2. The summed E-state index contributed by atoms with van der Waals surface area (Å²) in [6.45, 7) is 6.52. The number of likely N-dealkylation sites (tertiary alicyclic amines) is 1. The highest BCUT2D eigenvalue weighted by Crippen LogP contribution is 2.06. The Hall–Kier alpha value is -1.93. The molecule has 2 heterocycles. The SMILES string of the molecule is CN1CCN(C(=O)/C=C/CN2CCCC2)CC1.O=CO.O=CO. The van der Waals surface area contributed by atoms with E-state index in [0.717, 1.165) is 32.7 Å². The first-order valence-electron chi connectivity index (χ1n) is 7.61. The molecule has 2 saturated heterocycles. The van der Waals surface area contributed by atoms with Crippen LogP contribution in [0.5, 0.6) is 0 Å². The molecule has 0 aromatic carbocycles. The molecule has 8 nitrogen and oxygen atoms in total. The van der Waals surface area contributed by atoms with Gasteiger partial charge in [0.25, 0.3) is 12.9 Å². The third kappa shape index (κ3) is 10.4. The number of carbonyl (C=O) groups is 3. The maximum absolute atomic E-state index is 11.9. The molecule has 1 amide bonds. The highest BCUT2D eigenvalue weighted by atomic mass is 16.3. The van der Waals surface area contributed by atoms with Gasteiger partial charge in [-0.25, -0.2) is 0 Å². The summed E-state index contributed by atoms with van der Waals surface area (Å²) in [6, 6.07) is 0. The molecule has 0 atom stereocenters. The van der Waals surface area contributed by atoms with Gasteiger partial charge in [-0.1, -0.05) is 6.08 Å². The Morgan fingerprint density at radius 2 is 1.43 bits per heavy atom. The third-order valence-electron chi connectivity index (χ3n) is 3.64. The Morgan fingerprint density at radius 1 is 0.957 bits per heavy atom. The quantitative estimate of drug-likeness (QED) is 0.547. The molecule has 2 fully saturated rings. The molecule has 0 saturated carbocycles. The molecule has 0 aromatic heterocycles. The van der Waals surface area contributed by atoms with E-state index in [2.05, 4.69) is 16.8 Å². The van der Waals surface area contributed by atoms with Gasteiger partial charge < -0.3 is 20.0 Å². The summed E-state index contributed by atoms with van der Waals surface area (Å²) in [7, 11) is 2.10. The van der Waals surface area contributed by atoms with Crippen LogP contribution in [0.25, 0.3) is 0 Å². The highest BCUT2D eigenvalue weighted by molar-refractivity contribution is 5.87. The second kappa shape index (κ2) is 13.7. The first kappa shape index (κ1) is 21.1. The average Bonchev–Trinajstić information content (AvgIpc) is 3.03. The number of carboxylic acid groups (broad SMARTS) is 2. The maximum Gasteiger partial charge on any atom is 0.290 e. The van der Waals surface area contributed by atoms with Crippen LogP contribution >= 0.6 is 0 Å². The van der Waals surface area contributed by atoms with Gasteiger partial charge in [-0.2, -0.15) is 0 Å². The average molecular weight is 329 g/mol. The zero-order valence-electron chi connectivity index (χ0n) is 13.6. The fourth-order valence-electron chi connectivity index (χ4n) is 2.40. The molecular weight excluding hydrogens is 302 g/mol. The number of rotatable bonds is 3. The summed E-state index contributed by atoms with van der Waals surface area (Å²) in [6.07, 6.45) is 6.39. The van der Waals surface area contributed by atoms with Gasteiger partial charge in [-0.05, 0) is 33.0 Å². The van der Waals surface area contributed by atoms with E-state index < -0.39 is 0 Å². The van der Waals surface area contributed by atoms with Gasteiger partial charge >= 0.3 is 0 Å². The molecule has 8 heteroatoms.